The molecule has 0 bridgehead atoms. The van der Waals surface area contributed by atoms with Gasteiger partial charge in [-0.05, 0) is 31.9 Å². The number of aliphatic hydroxyl groups is 1. The molecule has 1 saturated carbocycles. The first-order valence-electron chi connectivity index (χ1n) is 10.1. The second kappa shape index (κ2) is 10.0. The van der Waals surface area contributed by atoms with Gasteiger partial charge in [0.2, 0.25) is 11.8 Å². The molecule has 3 rings (SSSR count). The van der Waals surface area contributed by atoms with E-state index in [9.17, 15) is 14.7 Å². The van der Waals surface area contributed by atoms with E-state index in [-0.39, 0.29) is 30.4 Å². The van der Waals surface area contributed by atoms with Crippen LogP contribution in [-0.2, 0) is 20.9 Å². The zero-order chi connectivity index (χ0) is 19.9. The number of hydrogen-bond donors (Lipinski definition) is 2. The molecular formula is C21H31N3O4. The zero-order valence-corrected chi connectivity index (χ0v) is 16.5. The van der Waals surface area contributed by atoms with Gasteiger partial charge in [-0.2, -0.15) is 0 Å². The lowest BCUT2D eigenvalue weighted by Crippen LogP contribution is -2.53. The largest absolute Gasteiger partial charge is 0.391 e. The highest BCUT2D eigenvalue weighted by Crippen LogP contribution is 2.27. The Bertz CT molecular complexity index is 646. The summed E-state index contributed by atoms with van der Waals surface area (Å²) >= 11 is 0. The van der Waals surface area contributed by atoms with E-state index in [4.69, 9.17) is 4.74 Å². The third kappa shape index (κ3) is 5.77. The summed E-state index contributed by atoms with van der Waals surface area (Å²) < 4.78 is 5.45. The summed E-state index contributed by atoms with van der Waals surface area (Å²) in [5.41, 5.74) is 1.01. The highest BCUT2D eigenvalue weighted by Gasteiger charge is 2.35. The van der Waals surface area contributed by atoms with Gasteiger partial charge in [-0.25, -0.2) is 0 Å². The number of rotatable bonds is 6. The second-order valence-electron chi connectivity index (χ2n) is 7.86. The molecule has 28 heavy (non-hydrogen) atoms. The maximum atomic E-state index is 12.7. The summed E-state index contributed by atoms with van der Waals surface area (Å²) in [7, 11) is 2.06. The molecular weight excluding hydrogens is 358 g/mol. The van der Waals surface area contributed by atoms with Crippen molar-refractivity contribution in [2.45, 2.75) is 38.0 Å². The van der Waals surface area contributed by atoms with E-state index >= 15 is 0 Å². The first kappa shape index (κ1) is 20.8. The summed E-state index contributed by atoms with van der Waals surface area (Å²) in [5.74, 6) is -0.243. The Morgan fingerprint density at radius 1 is 1.14 bits per heavy atom. The molecule has 1 saturated heterocycles. The number of likely N-dealkylation sites (N-methyl/N-ethyl adjacent to an activating group) is 1. The van der Waals surface area contributed by atoms with Crippen LogP contribution in [0.15, 0.2) is 30.3 Å². The summed E-state index contributed by atoms with van der Waals surface area (Å²) in [6, 6.07) is 9.36. The Labute approximate surface area is 166 Å². The molecule has 2 aliphatic rings. The highest BCUT2D eigenvalue weighted by atomic mass is 16.5. The molecule has 7 nitrogen and oxygen atoms in total. The van der Waals surface area contributed by atoms with Crippen LogP contribution >= 0.6 is 0 Å². The Morgan fingerprint density at radius 3 is 2.54 bits per heavy atom. The van der Waals surface area contributed by atoms with Gasteiger partial charge in [0.15, 0.2) is 0 Å². The van der Waals surface area contributed by atoms with Gasteiger partial charge < -0.3 is 25.0 Å². The molecule has 0 spiro atoms. The number of nitrogens with one attached hydrogen (secondary N) is 1. The third-order valence-electron chi connectivity index (χ3n) is 5.67. The quantitative estimate of drug-likeness (QED) is 0.746. The van der Waals surface area contributed by atoms with Crippen LogP contribution in [0, 0.1) is 5.92 Å². The minimum atomic E-state index is -0.701. The second-order valence-corrected chi connectivity index (χ2v) is 7.86. The Kier molecular flexibility index (Phi) is 7.42. The molecule has 0 unspecified atom stereocenters. The molecule has 7 heteroatoms. The Hall–Kier alpha value is -1.96. The highest BCUT2D eigenvalue weighted by molar-refractivity contribution is 5.79. The standard InChI is InChI=1S/C21H31N3O4/c1-23-9-11-24(12-10-23)21(27)17-7-8-18(19(25)13-17)22-20(26)15-28-14-16-5-3-2-4-6-16/h2-6,17-19,25H,7-15H2,1H3,(H,22,26)/t17-,18-,19-/m0/s1. The van der Waals surface area contributed by atoms with Crippen molar-refractivity contribution >= 4 is 11.8 Å². The molecule has 1 aromatic carbocycles. The van der Waals surface area contributed by atoms with Crippen LogP contribution in [0.2, 0.25) is 0 Å². The Balaban J connectivity index is 1.38. The van der Waals surface area contributed by atoms with E-state index in [1.807, 2.05) is 35.2 Å². The predicted octanol–water partition coefficient (Wildman–Crippen LogP) is 0.623. The van der Waals surface area contributed by atoms with E-state index in [1.165, 1.54) is 0 Å². The van der Waals surface area contributed by atoms with Gasteiger partial charge in [0.1, 0.15) is 6.61 Å². The van der Waals surface area contributed by atoms with Gasteiger partial charge in [-0.1, -0.05) is 30.3 Å². The zero-order valence-electron chi connectivity index (χ0n) is 16.5. The number of hydrogen-bond acceptors (Lipinski definition) is 5. The summed E-state index contributed by atoms with van der Waals surface area (Å²) in [5, 5.41) is 13.3. The summed E-state index contributed by atoms with van der Waals surface area (Å²) in [6.45, 7) is 3.62. The number of amides is 2. The lowest BCUT2D eigenvalue weighted by Gasteiger charge is -2.38. The van der Waals surface area contributed by atoms with Crippen molar-refractivity contribution in [3.8, 4) is 0 Å². The first-order valence-corrected chi connectivity index (χ1v) is 10.1. The van der Waals surface area contributed by atoms with Crippen molar-refractivity contribution in [2.75, 3.05) is 39.8 Å². The van der Waals surface area contributed by atoms with E-state index in [2.05, 4.69) is 17.3 Å². The molecule has 1 heterocycles. The average molecular weight is 389 g/mol. The van der Waals surface area contributed by atoms with Crippen molar-refractivity contribution in [3.63, 3.8) is 0 Å². The van der Waals surface area contributed by atoms with E-state index < -0.39 is 6.10 Å². The van der Waals surface area contributed by atoms with Gasteiger partial charge in [0.05, 0.1) is 18.8 Å². The summed E-state index contributed by atoms with van der Waals surface area (Å²) in [6.07, 6.45) is 1.00. The van der Waals surface area contributed by atoms with Gasteiger partial charge in [-0.3, -0.25) is 9.59 Å². The van der Waals surface area contributed by atoms with E-state index in [0.29, 0.717) is 25.9 Å². The lowest BCUT2D eigenvalue weighted by atomic mass is 9.83. The van der Waals surface area contributed by atoms with E-state index in [0.717, 1.165) is 31.7 Å². The molecule has 1 aliphatic carbocycles. The molecule has 1 aliphatic heterocycles. The van der Waals surface area contributed by atoms with Crippen LogP contribution in [0.25, 0.3) is 0 Å². The number of nitrogens with zero attached hydrogens (tertiary/aromatic N) is 2. The van der Waals surface area contributed by atoms with Crippen LogP contribution in [0.1, 0.15) is 24.8 Å². The monoisotopic (exact) mass is 389 g/mol. The topological polar surface area (TPSA) is 82.1 Å². The molecule has 2 fully saturated rings. The maximum absolute atomic E-state index is 12.7. The first-order chi connectivity index (χ1) is 13.5. The van der Waals surface area contributed by atoms with Crippen LogP contribution in [0.5, 0.6) is 0 Å². The fourth-order valence-electron chi connectivity index (χ4n) is 3.91. The molecule has 1 aromatic rings. The minimum absolute atomic E-state index is 0.0399. The third-order valence-corrected chi connectivity index (χ3v) is 5.67. The van der Waals surface area contributed by atoms with Crippen molar-refractivity contribution in [3.05, 3.63) is 35.9 Å². The fraction of sp³-hybridized carbons (Fsp3) is 0.619. The number of benzene rings is 1. The SMILES string of the molecule is CN1CCN(C(=O)[C@H]2CC[C@H](NC(=O)COCc3ccccc3)[C@@H](O)C2)CC1. The van der Waals surface area contributed by atoms with E-state index in [1.54, 1.807) is 0 Å². The van der Waals surface area contributed by atoms with Crippen molar-refractivity contribution < 1.29 is 19.4 Å². The molecule has 0 aromatic heterocycles. The van der Waals surface area contributed by atoms with Gasteiger partial charge >= 0.3 is 0 Å². The van der Waals surface area contributed by atoms with Crippen molar-refractivity contribution in [1.82, 2.24) is 15.1 Å². The lowest BCUT2D eigenvalue weighted by molar-refractivity contribution is -0.140. The maximum Gasteiger partial charge on any atom is 0.246 e. The van der Waals surface area contributed by atoms with Crippen LogP contribution < -0.4 is 5.32 Å². The van der Waals surface area contributed by atoms with Crippen LogP contribution in [0.3, 0.4) is 0 Å². The average Bonchev–Trinajstić information content (AvgIpc) is 2.70. The number of carbonyl (C=O) groups is 2. The van der Waals surface area contributed by atoms with Gasteiger partial charge in [-0.15, -0.1) is 0 Å². The molecule has 3 atom stereocenters. The van der Waals surface area contributed by atoms with Crippen molar-refractivity contribution in [2.24, 2.45) is 5.92 Å². The number of aliphatic hydroxyl groups excluding tert-OH is 1. The minimum Gasteiger partial charge on any atom is -0.391 e. The van der Waals surface area contributed by atoms with Gasteiger partial charge in [0, 0.05) is 32.1 Å². The number of ether oxygens (including phenoxy) is 1. The predicted molar refractivity (Wildman–Crippen MR) is 105 cm³/mol. The molecule has 154 valence electrons. The number of piperazine rings is 1. The molecule has 2 N–H and O–H groups in total. The smallest absolute Gasteiger partial charge is 0.246 e. The Morgan fingerprint density at radius 2 is 1.86 bits per heavy atom. The molecule has 2 amide bonds. The normalized spacial score (nSPS) is 26.1. The van der Waals surface area contributed by atoms with Crippen molar-refractivity contribution in [1.29, 1.82) is 0 Å². The van der Waals surface area contributed by atoms with Gasteiger partial charge in [0.25, 0.3) is 0 Å². The fourth-order valence-corrected chi connectivity index (χ4v) is 3.91. The summed E-state index contributed by atoms with van der Waals surface area (Å²) in [4.78, 5) is 28.9. The number of carbonyl (C=O) groups excluding carboxylic acids is 2. The van der Waals surface area contributed by atoms with Crippen LogP contribution in [-0.4, -0.2) is 78.7 Å². The van der Waals surface area contributed by atoms with Crippen LogP contribution in [0.4, 0.5) is 0 Å². The molecule has 0 radical (unpaired) electrons.